The van der Waals surface area contributed by atoms with E-state index < -0.39 is 0 Å². The molecule has 0 radical (unpaired) electrons. The van der Waals surface area contributed by atoms with Gasteiger partial charge in [-0.1, -0.05) is 17.8 Å². The molecule has 0 amide bonds. The minimum Gasteiger partial charge on any atom is -0.494 e. The molecule has 7 heteroatoms. The van der Waals surface area contributed by atoms with Gasteiger partial charge in [0.2, 0.25) is 0 Å². The maximum atomic E-state index is 13.1. The zero-order chi connectivity index (χ0) is 21.1. The molecule has 0 aliphatic carbocycles. The van der Waals surface area contributed by atoms with Crippen molar-refractivity contribution in [3.63, 3.8) is 0 Å². The highest BCUT2D eigenvalue weighted by molar-refractivity contribution is 7.98. The summed E-state index contributed by atoms with van der Waals surface area (Å²) < 4.78 is 7.38. The third-order valence-corrected chi connectivity index (χ3v) is 6.82. The fourth-order valence-corrected chi connectivity index (χ4v) is 5.12. The normalized spacial score (nSPS) is 11.0. The topological polar surface area (TPSA) is 61.2 Å². The lowest BCUT2D eigenvalue weighted by molar-refractivity contribution is 0.101. The van der Waals surface area contributed by atoms with Crippen LogP contribution in [0.25, 0.3) is 10.2 Å². The Labute approximate surface area is 178 Å². The average Bonchev–Trinajstić information content (AvgIpc) is 2.97. The number of carbonyl (C=O) groups is 1. The molecule has 0 fully saturated rings. The maximum Gasteiger partial charge on any atom is 0.263 e. The number of hydrogen-bond donors (Lipinski definition) is 0. The largest absolute Gasteiger partial charge is 0.494 e. The molecule has 1 aromatic carbocycles. The van der Waals surface area contributed by atoms with Crippen molar-refractivity contribution in [1.29, 1.82) is 0 Å². The molecule has 0 aliphatic heterocycles. The lowest BCUT2D eigenvalue weighted by Gasteiger charge is -2.13. The molecule has 3 rings (SSSR count). The van der Waals surface area contributed by atoms with E-state index in [0.29, 0.717) is 35.0 Å². The predicted octanol–water partition coefficient (Wildman–Crippen LogP) is 5.15. The van der Waals surface area contributed by atoms with Gasteiger partial charge in [0.25, 0.3) is 5.56 Å². The third kappa shape index (κ3) is 4.31. The van der Waals surface area contributed by atoms with Crippen LogP contribution >= 0.6 is 23.1 Å². The Morgan fingerprint density at radius 3 is 2.79 bits per heavy atom. The number of ether oxygens (including phenoxy) is 1. The van der Waals surface area contributed by atoms with Crippen LogP contribution in [-0.2, 0) is 12.3 Å². The minimum absolute atomic E-state index is 0.00643. The highest BCUT2D eigenvalue weighted by Crippen LogP contribution is 2.31. The van der Waals surface area contributed by atoms with Crippen LogP contribution in [0.4, 0.5) is 0 Å². The SMILES string of the molecule is C=CCn1c(SCc2cc(C(C)=O)ccc2OCC)nc2sc(C)c(C)c2c1=O. The van der Waals surface area contributed by atoms with Gasteiger partial charge in [-0.05, 0) is 51.5 Å². The van der Waals surface area contributed by atoms with Crippen LogP contribution in [0.15, 0.2) is 40.8 Å². The van der Waals surface area contributed by atoms with Crippen LogP contribution in [-0.4, -0.2) is 21.9 Å². The smallest absolute Gasteiger partial charge is 0.263 e. The molecule has 0 saturated carbocycles. The van der Waals surface area contributed by atoms with Crippen molar-refractivity contribution in [2.24, 2.45) is 0 Å². The van der Waals surface area contributed by atoms with Gasteiger partial charge in [0.15, 0.2) is 10.9 Å². The number of allylic oxidation sites excluding steroid dienone is 1. The zero-order valence-electron chi connectivity index (χ0n) is 17.1. The summed E-state index contributed by atoms with van der Waals surface area (Å²) in [6, 6.07) is 5.46. The minimum atomic E-state index is -0.0400. The van der Waals surface area contributed by atoms with E-state index >= 15 is 0 Å². The molecule has 0 unspecified atom stereocenters. The second kappa shape index (κ2) is 8.97. The van der Waals surface area contributed by atoms with E-state index in [-0.39, 0.29) is 11.3 Å². The summed E-state index contributed by atoms with van der Waals surface area (Å²) >= 11 is 3.00. The molecule has 0 aliphatic rings. The first-order chi connectivity index (χ1) is 13.9. The van der Waals surface area contributed by atoms with Gasteiger partial charge in [-0.2, -0.15) is 0 Å². The van der Waals surface area contributed by atoms with E-state index in [0.717, 1.165) is 26.6 Å². The van der Waals surface area contributed by atoms with Crippen LogP contribution < -0.4 is 10.3 Å². The van der Waals surface area contributed by atoms with Crippen LogP contribution in [0, 0.1) is 13.8 Å². The summed E-state index contributed by atoms with van der Waals surface area (Å²) in [5, 5.41) is 1.33. The maximum absolute atomic E-state index is 13.1. The number of thiophene rings is 1. The fraction of sp³-hybridized carbons (Fsp3) is 0.318. The third-order valence-electron chi connectivity index (χ3n) is 4.69. The van der Waals surface area contributed by atoms with Gasteiger partial charge in [-0.3, -0.25) is 14.2 Å². The Kier molecular flexibility index (Phi) is 6.59. The lowest BCUT2D eigenvalue weighted by atomic mass is 10.1. The van der Waals surface area contributed by atoms with E-state index in [9.17, 15) is 9.59 Å². The van der Waals surface area contributed by atoms with Crippen molar-refractivity contribution in [3.8, 4) is 5.75 Å². The molecule has 0 spiro atoms. The summed E-state index contributed by atoms with van der Waals surface area (Å²) in [4.78, 5) is 31.5. The van der Waals surface area contributed by atoms with Gasteiger partial charge in [0, 0.05) is 28.3 Å². The Hall–Kier alpha value is -2.38. The number of ketones is 1. The molecule has 2 heterocycles. The highest BCUT2D eigenvalue weighted by Gasteiger charge is 2.17. The molecule has 0 N–H and O–H groups in total. The van der Waals surface area contributed by atoms with Gasteiger partial charge < -0.3 is 4.74 Å². The second-order valence-corrected chi connectivity index (χ2v) is 8.81. The standard InChI is InChI=1S/C22H24N2O3S2/c1-6-10-24-21(26)19-13(3)15(5)29-20(19)23-22(24)28-12-17-11-16(14(4)25)8-9-18(17)27-7-2/h6,8-9,11H,1,7,10,12H2,2-5H3. The molecular weight excluding hydrogens is 404 g/mol. The number of benzene rings is 1. The monoisotopic (exact) mass is 428 g/mol. The number of carbonyl (C=O) groups excluding carboxylic acids is 1. The number of rotatable bonds is 8. The van der Waals surface area contributed by atoms with E-state index in [1.165, 1.54) is 11.8 Å². The number of hydrogen-bond acceptors (Lipinski definition) is 6. The Morgan fingerprint density at radius 2 is 2.14 bits per heavy atom. The number of nitrogens with zero attached hydrogens (tertiary/aromatic N) is 2. The zero-order valence-corrected chi connectivity index (χ0v) is 18.7. The number of Topliss-reactive ketones (excluding diaryl/α,β-unsaturated/α-hetero) is 1. The quantitative estimate of drug-likeness (QED) is 0.215. The van der Waals surface area contributed by atoms with Crippen molar-refractivity contribution in [2.75, 3.05) is 6.61 Å². The van der Waals surface area contributed by atoms with Crippen LogP contribution in [0.5, 0.6) is 5.75 Å². The molecule has 5 nitrogen and oxygen atoms in total. The van der Waals surface area contributed by atoms with E-state index in [1.807, 2.05) is 32.9 Å². The Balaban J connectivity index is 2.03. The molecule has 0 bridgehead atoms. The van der Waals surface area contributed by atoms with Crippen molar-refractivity contribution in [1.82, 2.24) is 9.55 Å². The van der Waals surface area contributed by atoms with Gasteiger partial charge in [-0.25, -0.2) is 4.98 Å². The summed E-state index contributed by atoms with van der Waals surface area (Å²) in [6.45, 7) is 12.2. The Morgan fingerprint density at radius 1 is 1.38 bits per heavy atom. The van der Waals surface area contributed by atoms with Crippen molar-refractivity contribution < 1.29 is 9.53 Å². The van der Waals surface area contributed by atoms with E-state index in [4.69, 9.17) is 9.72 Å². The molecule has 0 atom stereocenters. The molecule has 0 saturated heterocycles. The summed E-state index contributed by atoms with van der Waals surface area (Å²) in [7, 11) is 0. The Bertz CT molecular complexity index is 1150. The molecule has 3 aromatic rings. The first-order valence-electron chi connectivity index (χ1n) is 9.38. The van der Waals surface area contributed by atoms with Crippen molar-refractivity contribution in [3.05, 3.63) is 62.8 Å². The summed E-state index contributed by atoms with van der Waals surface area (Å²) in [5.74, 6) is 1.29. The number of fused-ring (bicyclic) bond motifs is 1. The average molecular weight is 429 g/mol. The highest BCUT2D eigenvalue weighted by atomic mass is 32.2. The fourth-order valence-electron chi connectivity index (χ4n) is 3.06. The summed E-state index contributed by atoms with van der Waals surface area (Å²) in [6.07, 6.45) is 1.70. The first-order valence-corrected chi connectivity index (χ1v) is 11.2. The van der Waals surface area contributed by atoms with Crippen LogP contribution in [0.2, 0.25) is 0 Å². The molecule has 2 aromatic heterocycles. The van der Waals surface area contributed by atoms with Gasteiger partial charge >= 0.3 is 0 Å². The summed E-state index contributed by atoms with van der Waals surface area (Å²) in [5.41, 5.74) is 2.49. The predicted molar refractivity (Wildman–Crippen MR) is 121 cm³/mol. The van der Waals surface area contributed by atoms with Crippen LogP contribution in [0.1, 0.15) is 40.2 Å². The van der Waals surface area contributed by atoms with Gasteiger partial charge in [-0.15, -0.1) is 17.9 Å². The van der Waals surface area contributed by atoms with Crippen LogP contribution in [0.3, 0.4) is 0 Å². The van der Waals surface area contributed by atoms with Crippen molar-refractivity contribution in [2.45, 2.75) is 45.1 Å². The van der Waals surface area contributed by atoms with Gasteiger partial charge in [0.1, 0.15) is 10.6 Å². The second-order valence-electron chi connectivity index (χ2n) is 6.66. The molecule has 29 heavy (non-hydrogen) atoms. The lowest BCUT2D eigenvalue weighted by Crippen LogP contribution is -2.22. The van der Waals surface area contributed by atoms with E-state index in [2.05, 4.69) is 6.58 Å². The molecule has 152 valence electrons. The molecular formula is C22H24N2O3S2. The number of thioether (sulfide) groups is 1. The van der Waals surface area contributed by atoms with Crippen molar-refractivity contribution >= 4 is 39.1 Å². The van der Waals surface area contributed by atoms with E-state index in [1.54, 1.807) is 35.0 Å². The number of aromatic nitrogens is 2. The first kappa shape index (κ1) is 21.3. The van der Waals surface area contributed by atoms with Gasteiger partial charge in [0.05, 0.1) is 12.0 Å². The number of aryl methyl sites for hydroxylation is 2.